The standard InChI is InChI=1S/C12H12F2O2/c13-9-3-2-8(6-10(9)14)7-12(11(15)16)4-1-5-12/h2-3,6H,1,4-5,7H2,(H,15,16). The van der Waals surface area contributed by atoms with Crippen molar-refractivity contribution in [2.24, 2.45) is 5.41 Å². The molecule has 16 heavy (non-hydrogen) atoms. The van der Waals surface area contributed by atoms with Crippen LogP contribution in [0.1, 0.15) is 24.8 Å². The molecule has 0 amide bonds. The van der Waals surface area contributed by atoms with Gasteiger partial charge in [0.25, 0.3) is 0 Å². The quantitative estimate of drug-likeness (QED) is 0.860. The zero-order valence-corrected chi connectivity index (χ0v) is 8.67. The van der Waals surface area contributed by atoms with Crippen molar-refractivity contribution in [3.63, 3.8) is 0 Å². The summed E-state index contributed by atoms with van der Waals surface area (Å²) in [5, 5.41) is 9.10. The highest BCUT2D eigenvalue weighted by Crippen LogP contribution is 2.44. The molecule has 0 radical (unpaired) electrons. The first-order valence-electron chi connectivity index (χ1n) is 5.21. The van der Waals surface area contributed by atoms with Gasteiger partial charge in [0.05, 0.1) is 5.41 Å². The predicted octanol–water partition coefficient (Wildman–Crippen LogP) is 2.76. The first kappa shape index (κ1) is 11.0. The van der Waals surface area contributed by atoms with Crippen molar-refractivity contribution in [2.45, 2.75) is 25.7 Å². The molecule has 1 aromatic carbocycles. The molecule has 1 N–H and O–H groups in total. The second-order valence-electron chi connectivity index (χ2n) is 4.36. The van der Waals surface area contributed by atoms with Gasteiger partial charge in [-0.25, -0.2) is 8.78 Å². The third kappa shape index (κ3) is 1.79. The van der Waals surface area contributed by atoms with Crippen LogP contribution in [0.2, 0.25) is 0 Å². The highest BCUT2D eigenvalue weighted by molar-refractivity contribution is 5.76. The Balaban J connectivity index is 2.20. The summed E-state index contributed by atoms with van der Waals surface area (Å²) in [4.78, 5) is 11.1. The summed E-state index contributed by atoms with van der Waals surface area (Å²) in [5.41, 5.74) is -0.217. The third-order valence-corrected chi connectivity index (χ3v) is 3.29. The molecule has 1 aliphatic rings. The molecule has 2 rings (SSSR count). The molecule has 0 bridgehead atoms. The summed E-state index contributed by atoms with van der Waals surface area (Å²) >= 11 is 0. The largest absolute Gasteiger partial charge is 0.481 e. The molecule has 1 aliphatic carbocycles. The molecule has 1 saturated carbocycles. The Morgan fingerprint density at radius 2 is 2.00 bits per heavy atom. The van der Waals surface area contributed by atoms with Crippen LogP contribution < -0.4 is 0 Å². The summed E-state index contributed by atoms with van der Waals surface area (Å²) in [5.74, 6) is -2.66. The Morgan fingerprint density at radius 3 is 2.44 bits per heavy atom. The molecule has 1 aromatic rings. The van der Waals surface area contributed by atoms with Crippen molar-refractivity contribution < 1.29 is 18.7 Å². The van der Waals surface area contributed by atoms with Gasteiger partial charge in [-0.3, -0.25) is 4.79 Å². The van der Waals surface area contributed by atoms with Crippen LogP contribution in [0.25, 0.3) is 0 Å². The lowest BCUT2D eigenvalue weighted by Crippen LogP contribution is -2.39. The van der Waals surface area contributed by atoms with Crippen LogP contribution in [-0.2, 0) is 11.2 Å². The number of halogens is 2. The lowest BCUT2D eigenvalue weighted by Gasteiger charge is -2.37. The molecular formula is C12H12F2O2. The van der Waals surface area contributed by atoms with Crippen molar-refractivity contribution in [2.75, 3.05) is 0 Å². The van der Waals surface area contributed by atoms with Crippen LogP contribution in [-0.4, -0.2) is 11.1 Å². The lowest BCUT2D eigenvalue weighted by atomic mass is 9.65. The van der Waals surface area contributed by atoms with Crippen molar-refractivity contribution in [1.29, 1.82) is 0 Å². The first-order chi connectivity index (χ1) is 7.53. The van der Waals surface area contributed by atoms with E-state index in [1.807, 2.05) is 0 Å². The minimum absolute atomic E-state index is 0.277. The van der Waals surface area contributed by atoms with E-state index < -0.39 is 23.0 Å². The minimum Gasteiger partial charge on any atom is -0.481 e. The fourth-order valence-corrected chi connectivity index (χ4v) is 2.11. The molecule has 0 heterocycles. The van der Waals surface area contributed by atoms with E-state index in [1.54, 1.807) is 0 Å². The van der Waals surface area contributed by atoms with E-state index >= 15 is 0 Å². The Kier molecular flexibility index (Phi) is 2.66. The SMILES string of the molecule is O=C(O)C1(Cc2ccc(F)c(F)c2)CCC1. The zero-order chi connectivity index (χ0) is 11.8. The number of hydrogen-bond donors (Lipinski definition) is 1. The molecule has 0 aliphatic heterocycles. The number of carbonyl (C=O) groups is 1. The maximum absolute atomic E-state index is 13.0. The molecule has 0 spiro atoms. The topological polar surface area (TPSA) is 37.3 Å². The predicted molar refractivity (Wildman–Crippen MR) is 54.0 cm³/mol. The van der Waals surface area contributed by atoms with Gasteiger partial charge in [-0.15, -0.1) is 0 Å². The molecule has 0 atom stereocenters. The highest BCUT2D eigenvalue weighted by Gasteiger charge is 2.44. The molecule has 0 aromatic heterocycles. The van der Waals surface area contributed by atoms with Gasteiger partial charge in [0.1, 0.15) is 0 Å². The molecule has 86 valence electrons. The van der Waals surface area contributed by atoms with Gasteiger partial charge in [0, 0.05) is 0 Å². The van der Waals surface area contributed by atoms with Crippen LogP contribution in [0.3, 0.4) is 0 Å². The van der Waals surface area contributed by atoms with Gasteiger partial charge >= 0.3 is 5.97 Å². The van der Waals surface area contributed by atoms with Crippen molar-refractivity contribution >= 4 is 5.97 Å². The second-order valence-corrected chi connectivity index (χ2v) is 4.36. The average Bonchev–Trinajstić information content (AvgIpc) is 2.16. The molecule has 1 fully saturated rings. The Morgan fingerprint density at radius 1 is 1.31 bits per heavy atom. The molecule has 0 unspecified atom stereocenters. The Hall–Kier alpha value is -1.45. The first-order valence-corrected chi connectivity index (χ1v) is 5.21. The highest BCUT2D eigenvalue weighted by atomic mass is 19.2. The third-order valence-electron chi connectivity index (χ3n) is 3.29. The van der Waals surface area contributed by atoms with E-state index in [-0.39, 0.29) is 6.42 Å². The fraction of sp³-hybridized carbons (Fsp3) is 0.417. The van der Waals surface area contributed by atoms with Gasteiger partial charge in [0.2, 0.25) is 0 Å². The monoisotopic (exact) mass is 226 g/mol. The van der Waals surface area contributed by atoms with Crippen LogP contribution in [0.5, 0.6) is 0 Å². The van der Waals surface area contributed by atoms with E-state index in [9.17, 15) is 13.6 Å². The van der Waals surface area contributed by atoms with E-state index in [0.29, 0.717) is 18.4 Å². The lowest BCUT2D eigenvalue weighted by molar-refractivity contribution is -0.154. The smallest absolute Gasteiger partial charge is 0.309 e. The molecule has 0 saturated heterocycles. The van der Waals surface area contributed by atoms with Gasteiger partial charge in [0.15, 0.2) is 11.6 Å². The van der Waals surface area contributed by atoms with Crippen molar-refractivity contribution in [1.82, 2.24) is 0 Å². The number of benzene rings is 1. The zero-order valence-electron chi connectivity index (χ0n) is 8.67. The summed E-state index contributed by atoms with van der Waals surface area (Å²) in [6.45, 7) is 0. The van der Waals surface area contributed by atoms with Gasteiger partial charge in [-0.05, 0) is 37.0 Å². The van der Waals surface area contributed by atoms with Gasteiger partial charge < -0.3 is 5.11 Å². The summed E-state index contributed by atoms with van der Waals surface area (Å²) in [7, 11) is 0. The van der Waals surface area contributed by atoms with E-state index in [1.165, 1.54) is 6.07 Å². The van der Waals surface area contributed by atoms with Gasteiger partial charge in [-0.2, -0.15) is 0 Å². The number of aliphatic carboxylic acids is 1. The summed E-state index contributed by atoms with van der Waals surface area (Å²) < 4.78 is 25.6. The maximum Gasteiger partial charge on any atom is 0.309 e. The van der Waals surface area contributed by atoms with Crippen molar-refractivity contribution in [3.8, 4) is 0 Å². The van der Waals surface area contributed by atoms with Crippen LogP contribution in [0, 0.1) is 17.0 Å². The molecule has 2 nitrogen and oxygen atoms in total. The number of hydrogen-bond acceptors (Lipinski definition) is 1. The van der Waals surface area contributed by atoms with Crippen molar-refractivity contribution in [3.05, 3.63) is 35.4 Å². The minimum atomic E-state index is -0.919. The van der Waals surface area contributed by atoms with Crippen LogP contribution in [0.4, 0.5) is 8.78 Å². The number of carboxylic acid groups (broad SMARTS) is 1. The summed E-state index contributed by atoms with van der Waals surface area (Å²) in [6, 6.07) is 3.57. The molecular weight excluding hydrogens is 214 g/mol. The van der Waals surface area contributed by atoms with Gasteiger partial charge in [-0.1, -0.05) is 12.5 Å². The Labute approximate surface area is 91.9 Å². The van der Waals surface area contributed by atoms with Crippen LogP contribution >= 0.6 is 0 Å². The normalized spacial score (nSPS) is 17.9. The van der Waals surface area contributed by atoms with Crippen LogP contribution in [0.15, 0.2) is 18.2 Å². The second kappa shape index (κ2) is 3.85. The number of rotatable bonds is 3. The fourth-order valence-electron chi connectivity index (χ4n) is 2.11. The van der Waals surface area contributed by atoms with E-state index in [0.717, 1.165) is 18.6 Å². The Bertz CT molecular complexity index is 425. The molecule has 4 heteroatoms. The maximum atomic E-state index is 13.0. The van der Waals surface area contributed by atoms with E-state index in [4.69, 9.17) is 5.11 Å². The number of carboxylic acids is 1. The average molecular weight is 226 g/mol. The van der Waals surface area contributed by atoms with E-state index in [2.05, 4.69) is 0 Å². The summed E-state index contributed by atoms with van der Waals surface area (Å²) in [6.07, 6.45) is 2.39.